The standard InChI is InChI=1S/C19H29N3O2/c1-13(2)17(21-18(23)14(3)20)19(24)22-11-7-10-16(22)12-15-8-5-4-6-9-15/h4-6,8-9,13-14,16-17H,7,10-12,20H2,1-3H3,(H,21,23). The maximum absolute atomic E-state index is 13.0. The molecule has 1 aliphatic heterocycles. The molecule has 0 bridgehead atoms. The molecule has 0 saturated carbocycles. The second-order valence-corrected chi connectivity index (χ2v) is 7.04. The van der Waals surface area contributed by atoms with Crippen LogP contribution in [-0.2, 0) is 16.0 Å². The Morgan fingerprint density at radius 1 is 1.25 bits per heavy atom. The summed E-state index contributed by atoms with van der Waals surface area (Å²) in [4.78, 5) is 26.9. The molecule has 1 fully saturated rings. The molecule has 0 aromatic heterocycles. The van der Waals surface area contributed by atoms with Crippen molar-refractivity contribution in [3.63, 3.8) is 0 Å². The summed E-state index contributed by atoms with van der Waals surface area (Å²) in [6.45, 7) is 6.29. The minimum atomic E-state index is -0.613. The van der Waals surface area contributed by atoms with Crippen molar-refractivity contribution >= 4 is 11.8 Å². The summed E-state index contributed by atoms with van der Waals surface area (Å²) >= 11 is 0. The van der Waals surface area contributed by atoms with Crippen molar-refractivity contribution in [2.24, 2.45) is 11.7 Å². The normalized spacial score (nSPS) is 20.0. The summed E-state index contributed by atoms with van der Waals surface area (Å²) in [6.07, 6.45) is 2.88. The largest absolute Gasteiger partial charge is 0.343 e. The topological polar surface area (TPSA) is 75.4 Å². The molecule has 0 spiro atoms. The van der Waals surface area contributed by atoms with Crippen molar-refractivity contribution in [2.45, 2.75) is 58.2 Å². The van der Waals surface area contributed by atoms with Crippen LogP contribution < -0.4 is 11.1 Å². The second-order valence-electron chi connectivity index (χ2n) is 7.04. The Hall–Kier alpha value is -1.88. The number of nitrogens with two attached hydrogens (primary N) is 1. The first-order valence-corrected chi connectivity index (χ1v) is 8.80. The predicted molar refractivity (Wildman–Crippen MR) is 95.3 cm³/mol. The third-order valence-electron chi connectivity index (χ3n) is 4.62. The van der Waals surface area contributed by atoms with E-state index in [9.17, 15) is 9.59 Å². The molecule has 1 saturated heterocycles. The summed E-state index contributed by atoms with van der Waals surface area (Å²) in [5.74, 6) is -0.239. The molecule has 1 aromatic rings. The fourth-order valence-corrected chi connectivity index (χ4v) is 3.20. The highest BCUT2D eigenvalue weighted by atomic mass is 16.2. The minimum Gasteiger partial charge on any atom is -0.343 e. The number of likely N-dealkylation sites (tertiary alicyclic amines) is 1. The van der Waals surface area contributed by atoms with Crippen LogP contribution in [0.25, 0.3) is 0 Å². The number of carbonyl (C=O) groups is 2. The van der Waals surface area contributed by atoms with E-state index in [0.717, 1.165) is 25.8 Å². The number of nitrogens with one attached hydrogen (secondary N) is 1. The lowest BCUT2D eigenvalue weighted by molar-refractivity contribution is -0.138. The first kappa shape index (κ1) is 18.5. The second kappa shape index (κ2) is 8.29. The van der Waals surface area contributed by atoms with Gasteiger partial charge in [-0.3, -0.25) is 9.59 Å². The fourth-order valence-electron chi connectivity index (χ4n) is 3.20. The smallest absolute Gasteiger partial charge is 0.245 e. The molecule has 0 aliphatic carbocycles. The SMILES string of the molecule is CC(N)C(=O)NC(C(=O)N1CCCC1Cc1ccccc1)C(C)C. The van der Waals surface area contributed by atoms with Crippen molar-refractivity contribution in [3.8, 4) is 0 Å². The van der Waals surface area contributed by atoms with Gasteiger partial charge in [0.25, 0.3) is 0 Å². The average molecular weight is 331 g/mol. The summed E-state index contributed by atoms with van der Waals surface area (Å²) in [5, 5.41) is 2.82. The molecule has 5 heteroatoms. The maximum atomic E-state index is 13.0. The van der Waals surface area contributed by atoms with Gasteiger partial charge in [-0.25, -0.2) is 0 Å². The van der Waals surface area contributed by atoms with Crippen molar-refractivity contribution in [1.29, 1.82) is 0 Å². The van der Waals surface area contributed by atoms with Crippen molar-refractivity contribution < 1.29 is 9.59 Å². The van der Waals surface area contributed by atoms with Crippen LogP contribution in [0.3, 0.4) is 0 Å². The molecule has 2 rings (SSSR count). The van der Waals surface area contributed by atoms with E-state index in [1.807, 2.05) is 36.9 Å². The quantitative estimate of drug-likeness (QED) is 0.833. The molecule has 0 radical (unpaired) electrons. The van der Waals surface area contributed by atoms with E-state index >= 15 is 0 Å². The highest BCUT2D eigenvalue weighted by Crippen LogP contribution is 2.23. The molecule has 3 N–H and O–H groups in total. The first-order chi connectivity index (χ1) is 11.4. The fraction of sp³-hybridized carbons (Fsp3) is 0.579. The number of nitrogens with zero attached hydrogens (tertiary/aromatic N) is 1. The number of hydrogen-bond donors (Lipinski definition) is 2. The average Bonchev–Trinajstić information content (AvgIpc) is 3.00. The van der Waals surface area contributed by atoms with Gasteiger partial charge in [0.2, 0.25) is 11.8 Å². The summed E-state index contributed by atoms with van der Waals surface area (Å²) in [6, 6.07) is 9.31. The zero-order valence-electron chi connectivity index (χ0n) is 14.9. The van der Waals surface area contributed by atoms with Gasteiger partial charge >= 0.3 is 0 Å². The molecule has 1 aromatic carbocycles. The Kier molecular flexibility index (Phi) is 6.37. The molecule has 3 unspecified atom stereocenters. The molecule has 5 nitrogen and oxygen atoms in total. The van der Waals surface area contributed by atoms with Crippen LogP contribution in [0.2, 0.25) is 0 Å². The van der Waals surface area contributed by atoms with Crippen LogP contribution in [0, 0.1) is 5.92 Å². The Bertz CT molecular complexity index is 557. The van der Waals surface area contributed by atoms with Crippen LogP contribution >= 0.6 is 0 Å². The summed E-state index contributed by atoms with van der Waals surface area (Å²) in [5.41, 5.74) is 6.87. The van der Waals surface area contributed by atoms with Gasteiger partial charge in [0, 0.05) is 12.6 Å². The van der Waals surface area contributed by atoms with Crippen LogP contribution in [0.15, 0.2) is 30.3 Å². The number of hydrogen-bond acceptors (Lipinski definition) is 3. The van der Waals surface area contributed by atoms with Crippen molar-refractivity contribution in [1.82, 2.24) is 10.2 Å². The van der Waals surface area contributed by atoms with Gasteiger partial charge in [-0.15, -0.1) is 0 Å². The van der Waals surface area contributed by atoms with Crippen LogP contribution in [0.4, 0.5) is 0 Å². The highest BCUT2D eigenvalue weighted by molar-refractivity contribution is 5.90. The van der Waals surface area contributed by atoms with Gasteiger partial charge in [-0.1, -0.05) is 44.2 Å². The lowest BCUT2D eigenvalue weighted by Crippen LogP contribution is -2.55. The molecule has 2 amide bonds. The van der Waals surface area contributed by atoms with Crippen molar-refractivity contribution in [2.75, 3.05) is 6.54 Å². The van der Waals surface area contributed by atoms with E-state index < -0.39 is 12.1 Å². The lowest BCUT2D eigenvalue weighted by atomic mass is 10.00. The third-order valence-corrected chi connectivity index (χ3v) is 4.62. The van der Waals surface area contributed by atoms with Gasteiger partial charge in [0.05, 0.1) is 6.04 Å². The van der Waals surface area contributed by atoms with Crippen molar-refractivity contribution in [3.05, 3.63) is 35.9 Å². The number of benzene rings is 1. The van der Waals surface area contributed by atoms with Crippen LogP contribution in [0.5, 0.6) is 0 Å². The lowest BCUT2D eigenvalue weighted by Gasteiger charge is -2.31. The first-order valence-electron chi connectivity index (χ1n) is 8.80. The van der Waals surface area contributed by atoms with Gasteiger partial charge in [0.15, 0.2) is 0 Å². The molecule has 24 heavy (non-hydrogen) atoms. The maximum Gasteiger partial charge on any atom is 0.245 e. The van der Waals surface area contributed by atoms with Crippen LogP contribution in [0.1, 0.15) is 39.2 Å². The zero-order valence-corrected chi connectivity index (χ0v) is 14.9. The molecule has 1 aliphatic rings. The molecular formula is C19H29N3O2. The number of amides is 2. The third kappa shape index (κ3) is 4.57. The Labute approximate surface area is 144 Å². The van der Waals surface area contributed by atoms with E-state index in [1.165, 1.54) is 5.56 Å². The van der Waals surface area contributed by atoms with Gasteiger partial charge < -0.3 is 16.0 Å². The van der Waals surface area contributed by atoms with Gasteiger partial charge in [-0.05, 0) is 37.7 Å². The molecule has 132 valence electrons. The zero-order chi connectivity index (χ0) is 17.7. The van der Waals surface area contributed by atoms with Crippen LogP contribution in [-0.4, -0.2) is 41.4 Å². The predicted octanol–water partition coefficient (Wildman–Crippen LogP) is 1.71. The number of carbonyl (C=O) groups excluding carboxylic acids is 2. The highest BCUT2D eigenvalue weighted by Gasteiger charge is 2.35. The van der Waals surface area contributed by atoms with E-state index in [1.54, 1.807) is 6.92 Å². The van der Waals surface area contributed by atoms with Gasteiger partial charge in [-0.2, -0.15) is 0 Å². The minimum absolute atomic E-state index is 0.0115. The van der Waals surface area contributed by atoms with E-state index in [0.29, 0.717) is 0 Å². The van der Waals surface area contributed by atoms with E-state index in [-0.39, 0.29) is 23.8 Å². The Balaban J connectivity index is 2.08. The number of rotatable bonds is 6. The van der Waals surface area contributed by atoms with Gasteiger partial charge in [0.1, 0.15) is 6.04 Å². The molecule has 1 heterocycles. The van der Waals surface area contributed by atoms with E-state index in [2.05, 4.69) is 17.4 Å². The molecular weight excluding hydrogens is 302 g/mol. The Morgan fingerprint density at radius 2 is 1.92 bits per heavy atom. The van der Waals surface area contributed by atoms with E-state index in [4.69, 9.17) is 5.73 Å². The summed E-state index contributed by atoms with van der Waals surface area (Å²) < 4.78 is 0. The molecule has 3 atom stereocenters. The monoisotopic (exact) mass is 331 g/mol. The Morgan fingerprint density at radius 3 is 2.50 bits per heavy atom. The summed E-state index contributed by atoms with van der Waals surface area (Å²) in [7, 11) is 0.